The summed E-state index contributed by atoms with van der Waals surface area (Å²) in [6.07, 6.45) is 2.70. The number of amides is 4. The van der Waals surface area contributed by atoms with E-state index in [9.17, 15) is 24.0 Å². The molecule has 0 spiro atoms. The second kappa shape index (κ2) is 24.9. The van der Waals surface area contributed by atoms with Gasteiger partial charge >= 0.3 is 5.97 Å². The largest absolute Gasteiger partial charge is 0.467 e. The Kier molecular flexibility index (Phi) is 20.8. The van der Waals surface area contributed by atoms with E-state index in [0.717, 1.165) is 23.4 Å². The summed E-state index contributed by atoms with van der Waals surface area (Å²) in [6, 6.07) is 10.1. The lowest BCUT2D eigenvalue weighted by Crippen LogP contribution is -2.60. The SMILES string of the molecule is CC[C@H](C)[C@@H]([C@@H](CC(=O)N1CCC[C@H]1[C@H](OC)[C@@H](C)C(=O)N[C@@H](Cc1ccccc1)C(=O)OC)OC)N(C)C(=O)[C@@H](NC(=O)[C@H](C(C)C)N(C)Cc1ccnc(NC)c1)C(C)C. The number of rotatable bonds is 24. The molecule has 3 rings (SSSR count). The van der Waals surface area contributed by atoms with Gasteiger partial charge in [0, 0.05) is 54.0 Å². The molecule has 1 fully saturated rings. The van der Waals surface area contributed by atoms with Crippen LogP contribution in [-0.4, -0.2) is 141 Å². The Labute approximate surface area is 370 Å². The van der Waals surface area contributed by atoms with E-state index in [1.54, 1.807) is 37.1 Å². The first-order valence-corrected chi connectivity index (χ1v) is 22.1. The summed E-state index contributed by atoms with van der Waals surface area (Å²) in [7, 11) is 9.81. The Morgan fingerprint density at radius 1 is 0.887 bits per heavy atom. The Balaban J connectivity index is 1.79. The number of benzene rings is 1. The maximum atomic E-state index is 14.6. The van der Waals surface area contributed by atoms with Crippen LogP contribution in [0, 0.1) is 23.7 Å². The van der Waals surface area contributed by atoms with E-state index in [4.69, 9.17) is 14.2 Å². The van der Waals surface area contributed by atoms with E-state index in [1.165, 1.54) is 14.2 Å². The second-order valence-corrected chi connectivity index (χ2v) is 17.5. The van der Waals surface area contributed by atoms with Crippen molar-refractivity contribution in [2.45, 2.75) is 130 Å². The highest BCUT2D eigenvalue weighted by atomic mass is 16.5. The summed E-state index contributed by atoms with van der Waals surface area (Å²) in [5.74, 6) is -1.94. The van der Waals surface area contributed by atoms with Crippen molar-refractivity contribution in [3.8, 4) is 0 Å². The molecule has 15 nitrogen and oxygen atoms in total. The number of methoxy groups -OCH3 is 3. The fraction of sp³-hybridized carbons (Fsp3) is 0.660. The van der Waals surface area contributed by atoms with E-state index < -0.39 is 54.3 Å². The first-order valence-electron chi connectivity index (χ1n) is 22.1. The van der Waals surface area contributed by atoms with Crippen LogP contribution < -0.4 is 16.0 Å². The quantitative estimate of drug-likeness (QED) is 0.127. The Hall–Kier alpha value is -4.60. The summed E-state index contributed by atoms with van der Waals surface area (Å²) in [5, 5.41) is 9.04. The lowest BCUT2D eigenvalue weighted by atomic mass is 9.89. The van der Waals surface area contributed by atoms with Gasteiger partial charge in [-0.05, 0) is 60.9 Å². The van der Waals surface area contributed by atoms with Crippen molar-refractivity contribution < 1.29 is 38.2 Å². The van der Waals surface area contributed by atoms with Crippen molar-refractivity contribution >= 4 is 35.4 Å². The van der Waals surface area contributed by atoms with Crippen LogP contribution in [0.25, 0.3) is 0 Å². The number of carbonyl (C=O) groups excluding carboxylic acids is 5. The fourth-order valence-corrected chi connectivity index (χ4v) is 8.87. The van der Waals surface area contributed by atoms with Gasteiger partial charge in [-0.25, -0.2) is 9.78 Å². The van der Waals surface area contributed by atoms with Gasteiger partial charge in [-0.1, -0.05) is 85.2 Å². The number of aromatic nitrogens is 1. The van der Waals surface area contributed by atoms with E-state index in [-0.39, 0.29) is 54.2 Å². The van der Waals surface area contributed by atoms with Gasteiger partial charge in [0.25, 0.3) is 0 Å². The molecule has 3 N–H and O–H groups in total. The fourth-order valence-electron chi connectivity index (χ4n) is 8.87. The summed E-state index contributed by atoms with van der Waals surface area (Å²) >= 11 is 0. The maximum absolute atomic E-state index is 14.6. The van der Waals surface area contributed by atoms with Crippen LogP contribution in [0.5, 0.6) is 0 Å². The average molecular weight is 866 g/mol. The summed E-state index contributed by atoms with van der Waals surface area (Å²) in [4.78, 5) is 79.3. The topological polar surface area (TPSA) is 172 Å². The second-order valence-electron chi connectivity index (χ2n) is 17.5. The lowest BCUT2D eigenvalue weighted by molar-refractivity contribution is -0.149. The van der Waals surface area contributed by atoms with Crippen molar-refractivity contribution in [3.05, 3.63) is 59.8 Å². The third-order valence-electron chi connectivity index (χ3n) is 12.5. The summed E-state index contributed by atoms with van der Waals surface area (Å²) in [5.41, 5.74) is 1.87. The van der Waals surface area contributed by atoms with E-state index in [2.05, 4.69) is 20.9 Å². The molecule has 62 heavy (non-hydrogen) atoms. The van der Waals surface area contributed by atoms with Crippen LogP contribution >= 0.6 is 0 Å². The van der Waals surface area contributed by atoms with Crippen molar-refractivity contribution in [1.82, 2.24) is 30.3 Å². The van der Waals surface area contributed by atoms with Crippen LogP contribution in [0.4, 0.5) is 5.82 Å². The van der Waals surface area contributed by atoms with Gasteiger partial charge in [0.1, 0.15) is 17.9 Å². The first kappa shape index (κ1) is 51.7. The number of hydrogen-bond acceptors (Lipinski definition) is 11. The van der Waals surface area contributed by atoms with Gasteiger partial charge in [0.2, 0.25) is 23.6 Å². The predicted octanol–water partition coefficient (Wildman–Crippen LogP) is 4.54. The minimum absolute atomic E-state index is 0.0126. The van der Waals surface area contributed by atoms with Gasteiger partial charge < -0.3 is 40.0 Å². The monoisotopic (exact) mass is 866 g/mol. The molecule has 2 aromatic rings. The molecule has 15 heteroatoms. The maximum Gasteiger partial charge on any atom is 0.328 e. The molecule has 0 bridgehead atoms. The highest BCUT2D eigenvalue weighted by Crippen LogP contribution is 2.30. The third kappa shape index (κ3) is 13.7. The number of carbonyl (C=O) groups is 5. The van der Waals surface area contributed by atoms with Crippen LogP contribution in [0.3, 0.4) is 0 Å². The molecule has 1 aromatic heterocycles. The minimum atomic E-state index is -0.901. The average Bonchev–Trinajstić information content (AvgIpc) is 3.74. The molecule has 1 aliphatic rings. The standard InChI is InChI=1S/C47H75N7O8/c1-14-31(6)42(53(10)46(58)40(29(2)3)51-45(57)41(30(4)5)52(9)28-34-22-23-49-38(26-34)48-8)37(60-11)27-39(55)54-24-18-21-36(54)43(61-12)32(7)44(56)50-35(47(59)62-13)25-33-19-16-15-17-20-33/h15-17,19-20,22-23,26,29-32,35-37,40-43H,14,18,21,24-25,27-28H2,1-13H3,(H,48,49)(H,50,56)(H,51,57)/t31-,32+,35-,36-,37+,40-,41-,42-,43+/m0/s1. The molecule has 4 amide bonds. The summed E-state index contributed by atoms with van der Waals surface area (Å²) in [6.45, 7) is 14.6. The lowest BCUT2D eigenvalue weighted by Gasteiger charge is -2.41. The van der Waals surface area contributed by atoms with E-state index in [0.29, 0.717) is 25.9 Å². The van der Waals surface area contributed by atoms with Crippen molar-refractivity contribution in [2.24, 2.45) is 23.7 Å². The number of esters is 1. The van der Waals surface area contributed by atoms with Crippen molar-refractivity contribution in [1.29, 1.82) is 0 Å². The molecule has 1 aliphatic heterocycles. The zero-order valence-electron chi connectivity index (χ0n) is 39.5. The highest BCUT2D eigenvalue weighted by molar-refractivity contribution is 5.90. The number of ether oxygens (including phenoxy) is 3. The minimum Gasteiger partial charge on any atom is -0.467 e. The number of likely N-dealkylation sites (tertiary alicyclic amines) is 1. The predicted molar refractivity (Wildman–Crippen MR) is 241 cm³/mol. The Bertz CT molecular complexity index is 1750. The Morgan fingerprint density at radius 2 is 1.56 bits per heavy atom. The highest BCUT2D eigenvalue weighted by Gasteiger charge is 2.43. The van der Waals surface area contributed by atoms with Gasteiger partial charge in [-0.2, -0.15) is 0 Å². The molecule has 346 valence electrons. The molecule has 0 aliphatic carbocycles. The smallest absolute Gasteiger partial charge is 0.328 e. The van der Waals surface area contributed by atoms with E-state index in [1.807, 2.05) is 103 Å². The Morgan fingerprint density at radius 3 is 2.13 bits per heavy atom. The molecule has 0 saturated carbocycles. The molecule has 0 radical (unpaired) electrons. The van der Waals surface area contributed by atoms with Crippen LogP contribution in [0.15, 0.2) is 48.7 Å². The van der Waals surface area contributed by atoms with Gasteiger partial charge in [-0.15, -0.1) is 0 Å². The van der Waals surface area contributed by atoms with Crippen molar-refractivity contribution in [3.63, 3.8) is 0 Å². The summed E-state index contributed by atoms with van der Waals surface area (Å²) < 4.78 is 17.1. The van der Waals surface area contributed by atoms with Gasteiger partial charge in [0.05, 0.1) is 49.8 Å². The van der Waals surface area contributed by atoms with E-state index >= 15 is 0 Å². The molecule has 1 aromatic carbocycles. The molecule has 0 unspecified atom stereocenters. The zero-order chi connectivity index (χ0) is 46.3. The van der Waals surface area contributed by atoms with Gasteiger partial charge in [0.15, 0.2) is 0 Å². The molecule has 2 heterocycles. The number of anilines is 1. The first-order chi connectivity index (χ1) is 29.4. The number of nitrogens with zero attached hydrogens (tertiary/aromatic N) is 4. The molecular weight excluding hydrogens is 791 g/mol. The molecule has 1 saturated heterocycles. The van der Waals surface area contributed by atoms with Crippen molar-refractivity contribution in [2.75, 3.05) is 54.3 Å². The number of likely N-dealkylation sites (N-methyl/N-ethyl adjacent to an activating group) is 2. The molecule has 9 atom stereocenters. The number of pyridine rings is 1. The van der Waals surface area contributed by atoms with Gasteiger partial charge in [-0.3, -0.25) is 24.1 Å². The number of hydrogen-bond donors (Lipinski definition) is 3. The zero-order valence-corrected chi connectivity index (χ0v) is 39.5. The normalized spacial score (nSPS) is 18.0. The van der Waals surface area contributed by atoms with Crippen LogP contribution in [0.1, 0.15) is 85.3 Å². The third-order valence-corrected chi connectivity index (χ3v) is 12.5. The van der Waals surface area contributed by atoms with Crippen LogP contribution in [0.2, 0.25) is 0 Å². The number of nitrogens with one attached hydrogen (secondary N) is 3. The molecular formula is C47H75N7O8. The van der Waals surface area contributed by atoms with Crippen LogP contribution in [-0.2, 0) is 51.1 Å².